The summed E-state index contributed by atoms with van der Waals surface area (Å²) in [5.74, 6) is 0.165. The van der Waals surface area contributed by atoms with Gasteiger partial charge in [-0.05, 0) is 52.4 Å². The van der Waals surface area contributed by atoms with E-state index < -0.39 is 0 Å². The fraction of sp³-hybridized carbons (Fsp3) is 0.588. The van der Waals surface area contributed by atoms with Gasteiger partial charge in [-0.1, -0.05) is 36.8 Å². The number of allylic oxidation sites excluding steroid dienone is 5. The SMILES string of the molecule is CCOC(=O)/C=C/[C@H](C)CC/C=C/CCC=C(C)C. The Balaban J connectivity index is 3.68. The van der Waals surface area contributed by atoms with Crippen LogP contribution in [0.1, 0.15) is 53.4 Å². The van der Waals surface area contributed by atoms with Gasteiger partial charge < -0.3 is 4.74 Å². The first-order chi connectivity index (χ1) is 9.06. The van der Waals surface area contributed by atoms with Crippen LogP contribution in [0.3, 0.4) is 0 Å². The zero-order valence-corrected chi connectivity index (χ0v) is 12.8. The van der Waals surface area contributed by atoms with Crippen molar-refractivity contribution in [1.29, 1.82) is 0 Å². The van der Waals surface area contributed by atoms with Crippen LogP contribution in [0.5, 0.6) is 0 Å². The first-order valence-electron chi connectivity index (χ1n) is 7.19. The molecule has 1 atom stereocenters. The van der Waals surface area contributed by atoms with E-state index in [9.17, 15) is 4.79 Å². The van der Waals surface area contributed by atoms with Crippen molar-refractivity contribution >= 4 is 5.97 Å². The molecule has 0 rings (SSSR count). The predicted octanol–water partition coefficient (Wildman–Crippen LogP) is 4.82. The average Bonchev–Trinajstić information content (AvgIpc) is 2.35. The third-order valence-corrected chi connectivity index (χ3v) is 2.69. The first-order valence-corrected chi connectivity index (χ1v) is 7.19. The maximum atomic E-state index is 11.1. The second kappa shape index (κ2) is 11.8. The molecule has 0 aliphatic rings. The monoisotopic (exact) mass is 264 g/mol. The summed E-state index contributed by atoms with van der Waals surface area (Å²) in [6.07, 6.45) is 14.5. The highest BCUT2D eigenvalue weighted by Crippen LogP contribution is 2.08. The summed E-state index contributed by atoms with van der Waals surface area (Å²) in [5, 5.41) is 0. The topological polar surface area (TPSA) is 26.3 Å². The summed E-state index contributed by atoms with van der Waals surface area (Å²) < 4.78 is 4.84. The van der Waals surface area contributed by atoms with E-state index in [1.54, 1.807) is 0 Å². The summed E-state index contributed by atoms with van der Waals surface area (Å²) in [6.45, 7) is 8.62. The molecular formula is C17H28O2. The van der Waals surface area contributed by atoms with E-state index >= 15 is 0 Å². The third-order valence-electron chi connectivity index (χ3n) is 2.69. The zero-order valence-electron chi connectivity index (χ0n) is 12.8. The molecule has 0 radical (unpaired) electrons. The van der Waals surface area contributed by atoms with E-state index in [4.69, 9.17) is 4.74 Å². The normalized spacial score (nSPS) is 12.8. The van der Waals surface area contributed by atoms with Crippen LogP contribution in [-0.2, 0) is 9.53 Å². The highest BCUT2D eigenvalue weighted by molar-refractivity contribution is 5.81. The maximum Gasteiger partial charge on any atom is 0.330 e. The van der Waals surface area contributed by atoms with E-state index in [2.05, 4.69) is 39.0 Å². The molecule has 0 spiro atoms. The Labute approximate surface area is 118 Å². The van der Waals surface area contributed by atoms with Gasteiger partial charge in [-0.2, -0.15) is 0 Å². The Hall–Kier alpha value is -1.31. The van der Waals surface area contributed by atoms with Crippen molar-refractivity contribution in [2.24, 2.45) is 5.92 Å². The molecule has 0 aromatic carbocycles. The molecule has 0 aromatic heterocycles. The molecule has 0 saturated carbocycles. The number of esters is 1. The van der Waals surface area contributed by atoms with E-state index in [0.717, 1.165) is 25.7 Å². The molecule has 0 aliphatic carbocycles. The lowest BCUT2D eigenvalue weighted by Gasteiger charge is -2.02. The Kier molecular flexibility index (Phi) is 11.0. The third kappa shape index (κ3) is 12.9. The molecule has 0 fully saturated rings. The standard InChI is InChI=1S/C17H28O2/c1-5-19-17(18)14-13-16(4)12-10-8-6-7-9-11-15(2)3/h6,8,11,13-14,16H,5,7,9-10,12H2,1-4H3/b8-6+,14-13+/t16-/m1/s1. The molecule has 0 aliphatic heterocycles. The van der Waals surface area contributed by atoms with Crippen molar-refractivity contribution < 1.29 is 9.53 Å². The minimum Gasteiger partial charge on any atom is -0.463 e. The fourth-order valence-electron chi connectivity index (χ4n) is 1.59. The van der Waals surface area contributed by atoms with Crippen LogP contribution >= 0.6 is 0 Å². The molecular weight excluding hydrogens is 236 g/mol. The van der Waals surface area contributed by atoms with Crippen LogP contribution in [0.15, 0.2) is 36.0 Å². The zero-order chi connectivity index (χ0) is 14.5. The maximum absolute atomic E-state index is 11.1. The number of unbranched alkanes of at least 4 members (excludes halogenated alkanes) is 1. The quantitative estimate of drug-likeness (QED) is 0.258. The Morgan fingerprint density at radius 1 is 1.16 bits per heavy atom. The molecule has 2 nitrogen and oxygen atoms in total. The summed E-state index contributed by atoms with van der Waals surface area (Å²) in [7, 11) is 0. The number of carbonyl (C=O) groups excluding carboxylic acids is 1. The van der Waals surface area contributed by atoms with Gasteiger partial charge in [-0.25, -0.2) is 4.79 Å². The number of hydrogen-bond acceptors (Lipinski definition) is 2. The second-order valence-corrected chi connectivity index (χ2v) is 5.00. The highest BCUT2D eigenvalue weighted by atomic mass is 16.5. The van der Waals surface area contributed by atoms with Crippen molar-refractivity contribution in [3.63, 3.8) is 0 Å². The van der Waals surface area contributed by atoms with Crippen molar-refractivity contribution in [2.75, 3.05) is 6.61 Å². The van der Waals surface area contributed by atoms with Crippen molar-refractivity contribution in [3.05, 3.63) is 36.0 Å². The Bertz CT molecular complexity index is 320. The van der Waals surface area contributed by atoms with Gasteiger partial charge in [0.2, 0.25) is 0 Å². The number of carbonyl (C=O) groups is 1. The first kappa shape index (κ1) is 17.7. The number of rotatable bonds is 9. The summed E-state index contributed by atoms with van der Waals surface area (Å²) in [6, 6.07) is 0. The summed E-state index contributed by atoms with van der Waals surface area (Å²) >= 11 is 0. The summed E-state index contributed by atoms with van der Waals surface area (Å²) in [4.78, 5) is 11.1. The minimum absolute atomic E-state index is 0.244. The van der Waals surface area contributed by atoms with Crippen LogP contribution < -0.4 is 0 Å². The largest absolute Gasteiger partial charge is 0.463 e. The molecule has 0 unspecified atom stereocenters. The predicted molar refractivity (Wildman–Crippen MR) is 82.0 cm³/mol. The van der Waals surface area contributed by atoms with Crippen LogP contribution in [0, 0.1) is 5.92 Å². The molecule has 0 heterocycles. The summed E-state index contributed by atoms with van der Waals surface area (Å²) in [5.41, 5.74) is 1.38. The van der Waals surface area contributed by atoms with Crippen molar-refractivity contribution in [3.8, 4) is 0 Å². The fourth-order valence-corrected chi connectivity index (χ4v) is 1.59. The van der Waals surface area contributed by atoms with Gasteiger partial charge >= 0.3 is 5.97 Å². The van der Waals surface area contributed by atoms with Gasteiger partial charge in [-0.3, -0.25) is 0 Å². The average molecular weight is 264 g/mol. The van der Waals surface area contributed by atoms with Gasteiger partial charge in [-0.15, -0.1) is 0 Å². The lowest BCUT2D eigenvalue weighted by molar-refractivity contribution is -0.137. The molecule has 0 bridgehead atoms. The molecule has 108 valence electrons. The smallest absolute Gasteiger partial charge is 0.330 e. The van der Waals surface area contributed by atoms with E-state index in [0.29, 0.717) is 12.5 Å². The lowest BCUT2D eigenvalue weighted by Crippen LogP contribution is -2.00. The minimum atomic E-state index is -0.244. The number of ether oxygens (including phenoxy) is 1. The van der Waals surface area contributed by atoms with Crippen LogP contribution in [0.4, 0.5) is 0 Å². The second-order valence-electron chi connectivity index (χ2n) is 5.00. The van der Waals surface area contributed by atoms with Crippen molar-refractivity contribution in [2.45, 2.75) is 53.4 Å². The Morgan fingerprint density at radius 3 is 2.47 bits per heavy atom. The van der Waals surface area contributed by atoms with E-state index in [1.165, 1.54) is 11.6 Å². The van der Waals surface area contributed by atoms with Gasteiger partial charge in [0.1, 0.15) is 0 Å². The highest BCUT2D eigenvalue weighted by Gasteiger charge is 1.98. The van der Waals surface area contributed by atoms with E-state index in [1.807, 2.05) is 13.0 Å². The van der Waals surface area contributed by atoms with E-state index in [-0.39, 0.29) is 5.97 Å². The van der Waals surface area contributed by atoms with Crippen LogP contribution in [0.2, 0.25) is 0 Å². The van der Waals surface area contributed by atoms with Gasteiger partial charge in [0, 0.05) is 6.08 Å². The lowest BCUT2D eigenvalue weighted by atomic mass is 10.0. The van der Waals surface area contributed by atoms with Crippen LogP contribution in [-0.4, -0.2) is 12.6 Å². The van der Waals surface area contributed by atoms with Crippen molar-refractivity contribution in [1.82, 2.24) is 0 Å². The Morgan fingerprint density at radius 2 is 1.84 bits per heavy atom. The number of hydrogen-bond donors (Lipinski definition) is 0. The van der Waals surface area contributed by atoms with Gasteiger partial charge in [0.15, 0.2) is 0 Å². The van der Waals surface area contributed by atoms with Gasteiger partial charge in [0.05, 0.1) is 6.61 Å². The molecule has 19 heavy (non-hydrogen) atoms. The van der Waals surface area contributed by atoms with Crippen LogP contribution in [0.25, 0.3) is 0 Å². The molecule has 0 amide bonds. The molecule has 2 heteroatoms. The molecule has 0 saturated heterocycles. The molecule has 0 N–H and O–H groups in total. The van der Waals surface area contributed by atoms with Gasteiger partial charge in [0.25, 0.3) is 0 Å². The molecule has 0 aromatic rings.